The normalized spacial score (nSPS) is 13.4. The van der Waals surface area contributed by atoms with E-state index in [1.165, 1.54) is 0 Å². The van der Waals surface area contributed by atoms with Gasteiger partial charge in [-0.15, -0.1) is 0 Å². The predicted octanol–water partition coefficient (Wildman–Crippen LogP) is 2.36. The van der Waals surface area contributed by atoms with Gasteiger partial charge in [-0.3, -0.25) is 0 Å². The molecule has 1 heteroatoms. The molecular formula is C9H18O. The quantitative estimate of drug-likeness (QED) is 0.600. The summed E-state index contributed by atoms with van der Waals surface area (Å²) in [5.41, 5.74) is -0.550. The molecular weight excluding hydrogens is 124 g/mol. The number of hydrogen-bond acceptors (Lipinski definition) is 1. The molecule has 0 rings (SSSR count). The number of rotatable bonds is 3. The molecule has 0 aliphatic heterocycles. The molecule has 60 valence electrons. The highest BCUT2D eigenvalue weighted by Crippen LogP contribution is 2.08. The summed E-state index contributed by atoms with van der Waals surface area (Å²) in [6, 6.07) is 0. The van der Waals surface area contributed by atoms with Gasteiger partial charge in [-0.1, -0.05) is 26.0 Å². The minimum absolute atomic E-state index is 0.550. The Morgan fingerprint density at radius 2 is 1.90 bits per heavy atom. The topological polar surface area (TPSA) is 20.2 Å². The molecule has 0 atom stereocenters. The average molecular weight is 142 g/mol. The molecule has 0 aliphatic rings. The van der Waals surface area contributed by atoms with Crippen LogP contribution in [0.25, 0.3) is 0 Å². The lowest BCUT2D eigenvalue weighted by atomic mass is 10.0. The van der Waals surface area contributed by atoms with E-state index in [0.717, 1.165) is 6.42 Å². The van der Waals surface area contributed by atoms with E-state index in [-0.39, 0.29) is 0 Å². The molecule has 0 spiro atoms. The Balaban J connectivity index is 3.54. The van der Waals surface area contributed by atoms with Crippen LogP contribution < -0.4 is 0 Å². The molecule has 0 heterocycles. The zero-order chi connectivity index (χ0) is 8.20. The monoisotopic (exact) mass is 142 g/mol. The van der Waals surface area contributed by atoms with E-state index in [2.05, 4.69) is 19.9 Å². The first-order valence-electron chi connectivity index (χ1n) is 3.81. The van der Waals surface area contributed by atoms with Gasteiger partial charge < -0.3 is 5.11 Å². The molecule has 0 radical (unpaired) electrons. The summed E-state index contributed by atoms with van der Waals surface area (Å²) in [6.07, 6.45) is 4.88. The highest BCUT2D eigenvalue weighted by molar-refractivity contribution is 4.89. The zero-order valence-corrected chi connectivity index (χ0v) is 7.39. The lowest BCUT2D eigenvalue weighted by molar-refractivity contribution is 0.0838. The van der Waals surface area contributed by atoms with E-state index >= 15 is 0 Å². The Hall–Kier alpha value is -0.300. The highest BCUT2D eigenvalue weighted by atomic mass is 16.3. The summed E-state index contributed by atoms with van der Waals surface area (Å²) in [6.45, 7) is 7.89. The van der Waals surface area contributed by atoms with Crippen molar-refractivity contribution in [3.8, 4) is 0 Å². The minimum Gasteiger partial charge on any atom is -0.390 e. The maximum Gasteiger partial charge on any atom is 0.0626 e. The fourth-order valence-electron chi connectivity index (χ4n) is 0.629. The van der Waals surface area contributed by atoms with Gasteiger partial charge in [0.1, 0.15) is 0 Å². The Morgan fingerprint density at radius 3 is 2.20 bits per heavy atom. The SMILES string of the molecule is CC(C)/C=C/CC(C)(C)O. The van der Waals surface area contributed by atoms with E-state index in [9.17, 15) is 5.11 Å². The van der Waals surface area contributed by atoms with Gasteiger partial charge in [0.25, 0.3) is 0 Å². The summed E-state index contributed by atoms with van der Waals surface area (Å²) in [5.74, 6) is 0.586. The average Bonchev–Trinajstić information content (AvgIpc) is 1.59. The Labute approximate surface area is 63.8 Å². The van der Waals surface area contributed by atoms with Gasteiger partial charge in [0.15, 0.2) is 0 Å². The number of hydrogen-bond donors (Lipinski definition) is 1. The van der Waals surface area contributed by atoms with E-state index < -0.39 is 5.60 Å². The van der Waals surface area contributed by atoms with Crippen molar-refractivity contribution in [1.82, 2.24) is 0 Å². The molecule has 0 bridgehead atoms. The van der Waals surface area contributed by atoms with Crippen LogP contribution in [0.5, 0.6) is 0 Å². The van der Waals surface area contributed by atoms with E-state index in [1.54, 1.807) is 0 Å². The van der Waals surface area contributed by atoms with Crippen molar-refractivity contribution < 1.29 is 5.11 Å². The first kappa shape index (κ1) is 9.70. The summed E-state index contributed by atoms with van der Waals surface area (Å²) in [4.78, 5) is 0. The van der Waals surface area contributed by atoms with Crippen LogP contribution in [0.15, 0.2) is 12.2 Å². The van der Waals surface area contributed by atoms with Gasteiger partial charge in [-0.25, -0.2) is 0 Å². The van der Waals surface area contributed by atoms with Crippen LogP contribution >= 0.6 is 0 Å². The molecule has 0 amide bonds. The summed E-state index contributed by atoms with van der Waals surface area (Å²) in [7, 11) is 0. The lowest BCUT2D eigenvalue weighted by Crippen LogP contribution is -2.16. The van der Waals surface area contributed by atoms with Crippen LogP contribution in [0.1, 0.15) is 34.1 Å². The summed E-state index contributed by atoms with van der Waals surface area (Å²) in [5, 5.41) is 9.28. The van der Waals surface area contributed by atoms with E-state index in [1.807, 2.05) is 19.9 Å². The van der Waals surface area contributed by atoms with Gasteiger partial charge in [0.05, 0.1) is 5.60 Å². The molecule has 0 aromatic rings. The van der Waals surface area contributed by atoms with Crippen LogP contribution in [-0.2, 0) is 0 Å². The summed E-state index contributed by atoms with van der Waals surface area (Å²) < 4.78 is 0. The van der Waals surface area contributed by atoms with Crippen molar-refractivity contribution in [3.63, 3.8) is 0 Å². The van der Waals surface area contributed by atoms with Crippen LogP contribution in [0.3, 0.4) is 0 Å². The lowest BCUT2D eigenvalue weighted by Gasteiger charge is -2.13. The van der Waals surface area contributed by atoms with Gasteiger partial charge in [-0.2, -0.15) is 0 Å². The second-order valence-electron chi connectivity index (χ2n) is 3.69. The maximum absolute atomic E-state index is 9.28. The van der Waals surface area contributed by atoms with Crippen molar-refractivity contribution in [2.45, 2.75) is 39.7 Å². The van der Waals surface area contributed by atoms with Gasteiger partial charge in [0, 0.05) is 0 Å². The van der Waals surface area contributed by atoms with E-state index in [4.69, 9.17) is 0 Å². The largest absolute Gasteiger partial charge is 0.390 e. The van der Waals surface area contributed by atoms with E-state index in [0.29, 0.717) is 5.92 Å². The molecule has 1 nitrogen and oxygen atoms in total. The first-order valence-corrected chi connectivity index (χ1v) is 3.81. The summed E-state index contributed by atoms with van der Waals surface area (Å²) >= 11 is 0. The Morgan fingerprint density at radius 1 is 1.40 bits per heavy atom. The standard InChI is InChI=1S/C9H18O/c1-8(2)6-5-7-9(3,4)10/h5-6,8,10H,7H2,1-4H3/b6-5+. The molecule has 0 unspecified atom stereocenters. The third kappa shape index (κ3) is 7.70. The van der Waals surface area contributed by atoms with Crippen LogP contribution in [0.4, 0.5) is 0 Å². The third-order valence-electron chi connectivity index (χ3n) is 1.14. The molecule has 1 N–H and O–H groups in total. The zero-order valence-electron chi connectivity index (χ0n) is 7.39. The van der Waals surface area contributed by atoms with Crippen molar-refractivity contribution in [2.75, 3.05) is 0 Å². The van der Waals surface area contributed by atoms with Gasteiger partial charge >= 0.3 is 0 Å². The third-order valence-corrected chi connectivity index (χ3v) is 1.14. The van der Waals surface area contributed by atoms with Crippen molar-refractivity contribution in [3.05, 3.63) is 12.2 Å². The molecule has 0 fully saturated rings. The number of allylic oxidation sites excluding steroid dienone is 1. The molecule has 0 aromatic carbocycles. The first-order chi connectivity index (χ1) is 4.42. The van der Waals surface area contributed by atoms with Crippen LogP contribution in [-0.4, -0.2) is 10.7 Å². The second-order valence-corrected chi connectivity index (χ2v) is 3.69. The van der Waals surface area contributed by atoms with Crippen LogP contribution in [0, 0.1) is 5.92 Å². The Bertz CT molecular complexity index is 106. The highest BCUT2D eigenvalue weighted by Gasteiger charge is 2.08. The van der Waals surface area contributed by atoms with Gasteiger partial charge in [0.2, 0.25) is 0 Å². The minimum atomic E-state index is -0.550. The Kier molecular flexibility index (Phi) is 3.66. The van der Waals surface area contributed by atoms with Crippen LogP contribution in [0.2, 0.25) is 0 Å². The van der Waals surface area contributed by atoms with Crippen molar-refractivity contribution in [2.24, 2.45) is 5.92 Å². The molecule has 0 aromatic heterocycles. The fraction of sp³-hybridized carbons (Fsp3) is 0.778. The fourth-order valence-corrected chi connectivity index (χ4v) is 0.629. The molecule has 0 saturated carbocycles. The molecule has 0 aliphatic carbocycles. The maximum atomic E-state index is 9.28. The smallest absolute Gasteiger partial charge is 0.0626 e. The van der Waals surface area contributed by atoms with Gasteiger partial charge in [-0.05, 0) is 26.2 Å². The van der Waals surface area contributed by atoms with Crippen molar-refractivity contribution in [1.29, 1.82) is 0 Å². The molecule has 10 heavy (non-hydrogen) atoms. The van der Waals surface area contributed by atoms with Crippen molar-refractivity contribution >= 4 is 0 Å². The second kappa shape index (κ2) is 3.77. The molecule has 0 saturated heterocycles. The number of aliphatic hydroxyl groups is 1. The predicted molar refractivity (Wildman–Crippen MR) is 44.9 cm³/mol.